The van der Waals surface area contributed by atoms with Crippen LogP contribution in [0.2, 0.25) is 11.1 Å². The fraction of sp³-hybridized carbons (Fsp3) is 0.938. The molecule has 0 spiro atoms. The molecule has 3 saturated heterocycles. The fourth-order valence-electron chi connectivity index (χ4n) is 4.95. The molecule has 1 radical (unpaired) electrons. The first-order chi connectivity index (χ1) is 8.93. The number of fused-ring (bicyclic) bond motifs is 1. The van der Waals surface area contributed by atoms with Crippen LogP contribution in [0, 0.1) is 11.8 Å². The lowest BCUT2D eigenvalue weighted by Crippen LogP contribution is -2.47. The van der Waals surface area contributed by atoms with E-state index in [1.807, 2.05) is 0 Å². The van der Waals surface area contributed by atoms with Crippen LogP contribution >= 0.6 is 0 Å². The largest absolute Gasteiger partial charge is 0.337 e. The van der Waals surface area contributed by atoms with Crippen LogP contribution < -0.4 is 0 Å². The summed E-state index contributed by atoms with van der Waals surface area (Å²) < 4.78 is 0. The minimum Gasteiger partial charge on any atom is -0.337 e. The van der Waals surface area contributed by atoms with Gasteiger partial charge in [-0.15, -0.1) is 0 Å². The van der Waals surface area contributed by atoms with E-state index in [1.54, 1.807) is 0 Å². The zero-order valence-electron chi connectivity index (χ0n) is 12.9. The van der Waals surface area contributed by atoms with Crippen molar-refractivity contribution in [3.8, 4) is 0 Å². The van der Waals surface area contributed by atoms with Crippen LogP contribution in [0.1, 0.15) is 59.8 Å². The van der Waals surface area contributed by atoms with E-state index in [1.165, 1.54) is 25.7 Å². The van der Waals surface area contributed by atoms with Gasteiger partial charge in [0, 0.05) is 18.5 Å². The normalized spacial score (nSPS) is 41.7. The molecule has 3 heterocycles. The summed E-state index contributed by atoms with van der Waals surface area (Å²) in [7, 11) is 2.64. The molecule has 4 aliphatic rings. The maximum absolute atomic E-state index is 12.3. The number of hydrogen-bond donors (Lipinski definition) is 0. The van der Waals surface area contributed by atoms with E-state index < -0.39 is 0 Å². The second-order valence-corrected chi connectivity index (χ2v) is 7.72. The molecule has 4 rings (SSSR count). The molecule has 1 aliphatic carbocycles. The minimum atomic E-state index is 0.372. The molecular weight excluding hydrogens is 233 g/mol. The molecule has 19 heavy (non-hydrogen) atoms. The number of carbonyl (C=O) groups excluding carboxylic acids is 1. The first kappa shape index (κ1) is 13.5. The molecule has 0 N–H and O–H groups in total. The lowest BCUT2D eigenvalue weighted by molar-refractivity contribution is -0.130. The van der Waals surface area contributed by atoms with Gasteiger partial charge in [-0.3, -0.25) is 4.79 Å². The Morgan fingerprint density at radius 3 is 2.58 bits per heavy atom. The topological polar surface area (TPSA) is 20.3 Å². The third-order valence-corrected chi connectivity index (χ3v) is 6.05. The SMILES string of the molecule is CC(C)N1C(=O)CC2CC3[B]C(C(C)C)(CCC21)C3. The van der Waals surface area contributed by atoms with E-state index in [0.29, 0.717) is 29.2 Å². The van der Waals surface area contributed by atoms with E-state index in [9.17, 15) is 4.79 Å². The highest BCUT2D eigenvalue weighted by Gasteiger charge is 2.52. The van der Waals surface area contributed by atoms with Crippen molar-refractivity contribution in [1.82, 2.24) is 4.90 Å². The maximum atomic E-state index is 12.3. The van der Waals surface area contributed by atoms with Crippen molar-refractivity contribution >= 4 is 13.2 Å². The molecule has 105 valence electrons. The van der Waals surface area contributed by atoms with Crippen LogP contribution in [0.4, 0.5) is 0 Å². The highest BCUT2D eigenvalue weighted by Crippen LogP contribution is 2.61. The predicted octanol–water partition coefficient (Wildman–Crippen LogP) is 3.51. The minimum absolute atomic E-state index is 0.372. The number of likely N-dealkylation sites (tertiary alicyclic amines) is 1. The average Bonchev–Trinajstić information content (AvgIpc) is 2.51. The van der Waals surface area contributed by atoms with Crippen molar-refractivity contribution in [3.63, 3.8) is 0 Å². The molecule has 4 atom stereocenters. The summed E-state index contributed by atoms with van der Waals surface area (Å²) in [4.78, 5) is 14.5. The van der Waals surface area contributed by atoms with Gasteiger partial charge in [0.05, 0.1) is 0 Å². The number of carbonyl (C=O) groups is 1. The number of hydrogen-bond acceptors (Lipinski definition) is 1. The van der Waals surface area contributed by atoms with E-state index in [4.69, 9.17) is 0 Å². The average molecular weight is 260 g/mol. The highest BCUT2D eigenvalue weighted by molar-refractivity contribution is 6.46. The van der Waals surface area contributed by atoms with Gasteiger partial charge in [0.1, 0.15) is 7.28 Å². The quantitative estimate of drug-likeness (QED) is 0.696. The van der Waals surface area contributed by atoms with E-state index in [2.05, 4.69) is 39.9 Å². The Morgan fingerprint density at radius 1 is 1.32 bits per heavy atom. The van der Waals surface area contributed by atoms with Gasteiger partial charge in [-0.1, -0.05) is 44.2 Å². The number of nitrogens with zero attached hydrogens (tertiary/aromatic N) is 1. The molecule has 0 aromatic rings. The first-order valence-electron chi connectivity index (χ1n) is 8.10. The first-order valence-corrected chi connectivity index (χ1v) is 8.10. The molecule has 4 unspecified atom stereocenters. The Hall–Kier alpha value is -0.465. The monoisotopic (exact) mass is 260 g/mol. The summed E-state index contributed by atoms with van der Waals surface area (Å²) >= 11 is 0. The molecular formula is C16H27BNO. The van der Waals surface area contributed by atoms with Crippen LogP contribution in [-0.4, -0.2) is 30.2 Å². The molecule has 3 aliphatic heterocycles. The zero-order chi connectivity index (χ0) is 13.8. The zero-order valence-corrected chi connectivity index (χ0v) is 12.9. The van der Waals surface area contributed by atoms with E-state index in [-0.39, 0.29) is 0 Å². The van der Waals surface area contributed by atoms with Gasteiger partial charge in [0.25, 0.3) is 0 Å². The molecule has 0 aromatic heterocycles. The molecule has 2 bridgehead atoms. The standard InChI is InChI=1S/C16H27BNO/c1-10(2)16-6-5-14-12(7-13(9-16)17-16)8-15(19)18(14)11(3)4/h10-14H,5-9H2,1-4H3. The Balaban J connectivity index is 1.79. The smallest absolute Gasteiger partial charge is 0.223 e. The van der Waals surface area contributed by atoms with Gasteiger partial charge in [-0.2, -0.15) is 0 Å². The molecule has 1 amide bonds. The molecule has 1 saturated carbocycles. The number of amides is 1. The Kier molecular flexibility index (Phi) is 3.22. The predicted molar refractivity (Wildman–Crippen MR) is 79.4 cm³/mol. The van der Waals surface area contributed by atoms with Gasteiger partial charge in [-0.05, 0) is 32.1 Å². The van der Waals surface area contributed by atoms with Crippen molar-refractivity contribution < 1.29 is 4.79 Å². The molecule has 2 nitrogen and oxygen atoms in total. The number of rotatable bonds is 2. The third kappa shape index (κ3) is 2.04. The lowest BCUT2D eigenvalue weighted by Gasteiger charge is -2.54. The Morgan fingerprint density at radius 2 is 2.00 bits per heavy atom. The van der Waals surface area contributed by atoms with Crippen molar-refractivity contribution in [1.29, 1.82) is 0 Å². The second-order valence-electron chi connectivity index (χ2n) is 7.72. The summed E-state index contributed by atoms with van der Waals surface area (Å²) in [5.41, 5.74) is 0. The van der Waals surface area contributed by atoms with Gasteiger partial charge in [0.15, 0.2) is 0 Å². The summed E-state index contributed by atoms with van der Waals surface area (Å²) in [6.07, 6.45) is 5.95. The van der Waals surface area contributed by atoms with Gasteiger partial charge in [0.2, 0.25) is 5.91 Å². The van der Waals surface area contributed by atoms with Crippen molar-refractivity contribution in [2.45, 2.75) is 83.0 Å². The molecule has 3 heteroatoms. The van der Waals surface area contributed by atoms with E-state index in [0.717, 1.165) is 18.2 Å². The lowest BCUT2D eigenvalue weighted by atomic mass is 9.26. The summed E-state index contributed by atoms with van der Waals surface area (Å²) in [6, 6.07) is 0.902. The van der Waals surface area contributed by atoms with Gasteiger partial charge >= 0.3 is 0 Å². The maximum Gasteiger partial charge on any atom is 0.223 e. The van der Waals surface area contributed by atoms with Crippen LogP contribution in [0.15, 0.2) is 0 Å². The van der Waals surface area contributed by atoms with Crippen LogP contribution in [0.3, 0.4) is 0 Å². The van der Waals surface area contributed by atoms with Crippen molar-refractivity contribution in [2.24, 2.45) is 11.8 Å². The molecule has 0 aromatic carbocycles. The van der Waals surface area contributed by atoms with Gasteiger partial charge in [-0.25, -0.2) is 0 Å². The molecule has 4 fully saturated rings. The summed E-state index contributed by atoms with van der Waals surface area (Å²) in [5, 5.41) is 0.490. The van der Waals surface area contributed by atoms with Crippen LogP contribution in [0.5, 0.6) is 0 Å². The second kappa shape index (κ2) is 4.53. The van der Waals surface area contributed by atoms with Gasteiger partial charge < -0.3 is 4.90 Å². The van der Waals surface area contributed by atoms with Crippen LogP contribution in [0.25, 0.3) is 0 Å². The third-order valence-electron chi connectivity index (χ3n) is 6.05. The summed E-state index contributed by atoms with van der Waals surface area (Å²) in [5.74, 6) is 2.57. The Bertz CT molecular complexity index is 373. The van der Waals surface area contributed by atoms with Crippen molar-refractivity contribution in [2.75, 3.05) is 0 Å². The van der Waals surface area contributed by atoms with Crippen molar-refractivity contribution in [3.05, 3.63) is 0 Å². The Labute approximate surface area is 118 Å². The van der Waals surface area contributed by atoms with Crippen LogP contribution in [-0.2, 0) is 4.79 Å². The highest BCUT2D eigenvalue weighted by atomic mass is 16.2. The fourth-order valence-corrected chi connectivity index (χ4v) is 4.95. The van der Waals surface area contributed by atoms with E-state index >= 15 is 0 Å². The summed E-state index contributed by atoms with van der Waals surface area (Å²) in [6.45, 7) is 9.08.